The van der Waals surface area contributed by atoms with E-state index in [1.165, 1.54) is 12.1 Å². The number of hydrogen-bond acceptors (Lipinski definition) is 2. The Balaban J connectivity index is 3.32. The van der Waals surface area contributed by atoms with E-state index >= 15 is 0 Å². The van der Waals surface area contributed by atoms with E-state index < -0.39 is 22.4 Å². The maximum Gasteiger partial charge on any atom is 0.259 e. The van der Waals surface area contributed by atoms with Crippen molar-refractivity contribution in [3.8, 4) is 5.75 Å². The van der Waals surface area contributed by atoms with Gasteiger partial charge in [0.1, 0.15) is 17.1 Å². The molecule has 0 fully saturated rings. The first-order valence-electron chi connectivity index (χ1n) is 2.80. The highest BCUT2D eigenvalue weighted by Gasteiger charge is 2.12. The first kappa shape index (κ1) is 8.01. The van der Waals surface area contributed by atoms with Crippen LogP contribution in [0.15, 0.2) is 18.2 Å². The van der Waals surface area contributed by atoms with Crippen molar-refractivity contribution >= 4 is 16.8 Å². The maximum absolute atomic E-state index is 12.6. The van der Waals surface area contributed by atoms with Crippen LogP contribution in [0.4, 0.5) is 4.39 Å². The number of aromatic hydroxyl groups is 1. The molecule has 0 bridgehead atoms. The number of carbonyl (C=O) groups is 1. The summed E-state index contributed by atoms with van der Waals surface area (Å²) in [6, 6.07) is 3.53. The second kappa shape index (κ2) is 2.88. The Bertz CT molecular complexity index is 278. The number of benzene rings is 1. The molecule has 1 aromatic carbocycles. The second-order valence-electron chi connectivity index (χ2n) is 1.91. The average Bonchev–Trinajstić information content (AvgIpc) is 1.85. The maximum atomic E-state index is 12.6. The molecule has 0 radical (unpaired) electrons. The van der Waals surface area contributed by atoms with Gasteiger partial charge in [-0.1, -0.05) is 6.07 Å². The van der Waals surface area contributed by atoms with Crippen molar-refractivity contribution in [1.29, 1.82) is 0 Å². The van der Waals surface area contributed by atoms with E-state index in [1.807, 2.05) is 0 Å². The summed E-state index contributed by atoms with van der Waals surface area (Å²) >= 11 is 4.97. The molecule has 58 valence electrons. The van der Waals surface area contributed by atoms with Crippen molar-refractivity contribution in [2.24, 2.45) is 0 Å². The van der Waals surface area contributed by atoms with Crippen molar-refractivity contribution in [2.75, 3.05) is 0 Å². The molecule has 0 atom stereocenters. The van der Waals surface area contributed by atoms with E-state index in [4.69, 9.17) is 16.7 Å². The molecule has 0 aliphatic carbocycles. The fourth-order valence-corrected chi connectivity index (χ4v) is 0.894. The van der Waals surface area contributed by atoms with E-state index in [2.05, 4.69) is 0 Å². The van der Waals surface area contributed by atoms with Gasteiger partial charge < -0.3 is 5.11 Å². The number of hydrogen-bond donors (Lipinski definition) is 1. The first-order chi connectivity index (χ1) is 5.13. The Morgan fingerprint density at radius 2 is 2.18 bits per heavy atom. The summed E-state index contributed by atoms with van der Waals surface area (Å²) in [4.78, 5) is 10.5. The smallest absolute Gasteiger partial charge is 0.259 e. The summed E-state index contributed by atoms with van der Waals surface area (Å²) in [7, 11) is 0. The quantitative estimate of drug-likeness (QED) is 0.661. The predicted molar refractivity (Wildman–Crippen MR) is 38.2 cm³/mol. The number of carbonyl (C=O) groups excluding carboxylic acids is 1. The third-order valence-corrected chi connectivity index (χ3v) is 1.38. The second-order valence-corrected chi connectivity index (χ2v) is 2.25. The zero-order chi connectivity index (χ0) is 8.43. The minimum atomic E-state index is -0.999. The topological polar surface area (TPSA) is 37.3 Å². The van der Waals surface area contributed by atoms with Crippen LogP contribution in [0.2, 0.25) is 0 Å². The molecule has 0 saturated heterocycles. The first-order valence-corrected chi connectivity index (χ1v) is 3.18. The molecule has 0 amide bonds. The molecule has 0 aromatic heterocycles. The number of phenols is 1. The Labute approximate surface area is 67.2 Å². The van der Waals surface area contributed by atoms with Gasteiger partial charge in [0.2, 0.25) is 0 Å². The van der Waals surface area contributed by atoms with Gasteiger partial charge in [0.15, 0.2) is 0 Å². The summed E-state index contributed by atoms with van der Waals surface area (Å²) in [6.45, 7) is 0. The Kier molecular flexibility index (Phi) is 2.10. The summed E-state index contributed by atoms with van der Waals surface area (Å²) in [5.74, 6) is -1.25. The third kappa shape index (κ3) is 1.49. The SMILES string of the molecule is O=C(Cl)c1c(O)cccc1F. The molecule has 4 heteroatoms. The van der Waals surface area contributed by atoms with Crippen LogP contribution in [0.25, 0.3) is 0 Å². The summed E-state index contributed by atoms with van der Waals surface area (Å²) in [5, 5.41) is 7.92. The van der Waals surface area contributed by atoms with Gasteiger partial charge in [-0.3, -0.25) is 4.79 Å². The molecule has 1 N–H and O–H groups in total. The lowest BCUT2D eigenvalue weighted by Crippen LogP contribution is -1.93. The predicted octanol–water partition coefficient (Wildman–Crippen LogP) is 1.91. The monoisotopic (exact) mass is 174 g/mol. The van der Waals surface area contributed by atoms with Gasteiger partial charge in [0.05, 0.1) is 0 Å². The van der Waals surface area contributed by atoms with Gasteiger partial charge in [-0.2, -0.15) is 0 Å². The average molecular weight is 175 g/mol. The van der Waals surface area contributed by atoms with Crippen LogP contribution in [0.1, 0.15) is 10.4 Å². The standard InChI is InChI=1S/C7H4ClFO2/c8-7(11)6-4(9)2-1-3-5(6)10/h1-3,10H. The van der Waals surface area contributed by atoms with Crippen molar-refractivity contribution < 1.29 is 14.3 Å². The molecule has 2 nitrogen and oxygen atoms in total. The summed E-state index contributed by atoms with van der Waals surface area (Å²) < 4.78 is 12.6. The highest BCUT2D eigenvalue weighted by atomic mass is 35.5. The van der Waals surface area contributed by atoms with Crippen LogP contribution in [-0.4, -0.2) is 10.3 Å². The molecular weight excluding hydrogens is 171 g/mol. The van der Waals surface area contributed by atoms with Crippen molar-refractivity contribution in [2.45, 2.75) is 0 Å². The normalized spacial score (nSPS) is 9.64. The van der Waals surface area contributed by atoms with Gasteiger partial charge >= 0.3 is 0 Å². The minimum Gasteiger partial charge on any atom is -0.507 e. The van der Waals surface area contributed by atoms with E-state index in [9.17, 15) is 9.18 Å². The summed E-state index contributed by atoms with van der Waals surface area (Å²) in [5.41, 5.74) is -0.478. The Morgan fingerprint density at radius 3 is 2.55 bits per heavy atom. The molecule has 0 aliphatic heterocycles. The van der Waals surface area contributed by atoms with E-state index in [0.29, 0.717) is 0 Å². The molecule has 0 aliphatic rings. The summed E-state index contributed by atoms with van der Waals surface area (Å²) in [6.07, 6.45) is 0. The van der Waals surface area contributed by atoms with E-state index in [-0.39, 0.29) is 0 Å². The van der Waals surface area contributed by atoms with Crippen LogP contribution in [0.3, 0.4) is 0 Å². The van der Waals surface area contributed by atoms with Crippen LogP contribution in [0.5, 0.6) is 5.75 Å². The van der Waals surface area contributed by atoms with Gasteiger partial charge in [0.25, 0.3) is 5.24 Å². The highest BCUT2D eigenvalue weighted by molar-refractivity contribution is 6.68. The van der Waals surface area contributed by atoms with E-state index in [0.717, 1.165) is 6.07 Å². The van der Waals surface area contributed by atoms with Crippen LogP contribution >= 0.6 is 11.6 Å². The minimum absolute atomic E-state index is 0.440. The Hall–Kier alpha value is -1.09. The van der Waals surface area contributed by atoms with Gasteiger partial charge in [-0.05, 0) is 23.7 Å². The van der Waals surface area contributed by atoms with Gasteiger partial charge in [0, 0.05) is 0 Å². The number of phenolic OH excluding ortho intramolecular Hbond substituents is 1. The number of halogens is 2. The molecule has 1 aromatic rings. The molecule has 11 heavy (non-hydrogen) atoms. The van der Waals surface area contributed by atoms with Crippen molar-refractivity contribution in [1.82, 2.24) is 0 Å². The molecule has 0 unspecified atom stereocenters. The lowest BCUT2D eigenvalue weighted by Gasteiger charge is -1.98. The molecule has 0 spiro atoms. The lowest BCUT2D eigenvalue weighted by atomic mass is 10.2. The molecule has 0 saturated carbocycles. The fourth-order valence-electron chi connectivity index (χ4n) is 0.707. The lowest BCUT2D eigenvalue weighted by molar-refractivity contribution is 0.107. The largest absolute Gasteiger partial charge is 0.507 e. The molecule has 0 heterocycles. The van der Waals surface area contributed by atoms with Crippen molar-refractivity contribution in [3.63, 3.8) is 0 Å². The van der Waals surface area contributed by atoms with Gasteiger partial charge in [-0.25, -0.2) is 4.39 Å². The molecule has 1 rings (SSSR count). The fraction of sp³-hybridized carbons (Fsp3) is 0. The highest BCUT2D eigenvalue weighted by Crippen LogP contribution is 2.21. The van der Waals surface area contributed by atoms with E-state index in [1.54, 1.807) is 0 Å². The zero-order valence-corrected chi connectivity index (χ0v) is 6.10. The van der Waals surface area contributed by atoms with Gasteiger partial charge in [-0.15, -0.1) is 0 Å². The number of rotatable bonds is 1. The third-order valence-electron chi connectivity index (χ3n) is 1.19. The van der Waals surface area contributed by atoms with Crippen LogP contribution in [-0.2, 0) is 0 Å². The van der Waals surface area contributed by atoms with Crippen molar-refractivity contribution in [3.05, 3.63) is 29.6 Å². The van der Waals surface area contributed by atoms with Crippen LogP contribution in [0, 0.1) is 5.82 Å². The van der Waals surface area contributed by atoms with Crippen LogP contribution < -0.4 is 0 Å². The molecular formula is C7H4ClFO2. The Morgan fingerprint density at radius 1 is 1.55 bits per heavy atom. The zero-order valence-electron chi connectivity index (χ0n) is 5.34.